The molecule has 0 aromatic carbocycles. The molecule has 1 unspecified atom stereocenters. The van der Waals surface area contributed by atoms with Crippen molar-refractivity contribution in [3.05, 3.63) is 0 Å². The van der Waals surface area contributed by atoms with Gasteiger partial charge in [0.2, 0.25) is 0 Å². The number of guanidine groups is 1. The molecule has 2 N–H and O–H groups in total. The van der Waals surface area contributed by atoms with Crippen molar-refractivity contribution in [3.8, 4) is 12.3 Å². The monoisotopic (exact) mass is 290 g/mol. The van der Waals surface area contributed by atoms with Crippen LogP contribution >= 0.6 is 0 Å². The normalized spacial score (nSPS) is 20.8. The Morgan fingerprint density at radius 3 is 2.80 bits per heavy atom. The molecule has 1 heterocycles. The topological polar surface area (TPSA) is 39.7 Å². The Labute approximate surface area is 117 Å². The molecule has 0 aliphatic carbocycles. The average molecular weight is 290 g/mol. The molecule has 0 aromatic heterocycles. The van der Waals surface area contributed by atoms with Crippen molar-refractivity contribution in [3.63, 3.8) is 0 Å². The van der Waals surface area contributed by atoms with Gasteiger partial charge in [0.1, 0.15) is 0 Å². The Morgan fingerprint density at radius 2 is 2.20 bits per heavy atom. The van der Waals surface area contributed by atoms with Crippen LogP contribution in [-0.4, -0.2) is 56.3 Å². The predicted octanol–water partition coefficient (Wildman–Crippen LogP) is 1.06. The largest absolute Gasteiger partial charge is 0.401 e. The van der Waals surface area contributed by atoms with E-state index in [0.717, 1.165) is 6.42 Å². The third kappa shape index (κ3) is 6.66. The lowest BCUT2D eigenvalue weighted by Gasteiger charge is -2.17. The molecule has 0 amide bonds. The summed E-state index contributed by atoms with van der Waals surface area (Å²) in [7, 11) is 0. The molecular weight excluding hydrogens is 269 g/mol. The molecule has 1 aliphatic heterocycles. The summed E-state index contributed by atoms with van der Waals surface area (Å²) in [6.07, 6.45) is 1.78. The number of likely N-dealkylation sites (tertiary alicyclic amines) is 1. The van der Waals surface area contributed by atoms with Gasteiger partial charge in [-0.3, -0.25) is 9.89 Å². The van der Waals surface area contributed by atoms with Crippen molar-refractivity contribution in [2.75, 3.05) is 39.3 Å². The van der Waals surface area contributed by atoms with Crippen molar-refractivity contribution >= 4 is 5.96 Å². The SMILES string of the molecule is C#CCNC(=NCC1CCN(CC(F)(F)F)C1)NCC. The van der Waals surface area contributed by atoms with E-state index in [1.807, 2.05) is 6.92 Å². The van der Waals surface area contributed by atoms with Gasteiger partial charge in [-0.15, -0.1) is 6.42 Å². The molecule has 4 nitrogen and oxygen atoms in total. The second-order valence-electron chi connectivity index (χ2n) is 4.78. The first-order valence-corrected chi connectivity index (χ1v) is 6.69. The van der Waals surface area contributed by atoms with Crippen LogP contribution < -0.4 is 10.6 Å². The first-order chi connectivity index (χ1) is 9.44. The number of terminal acetylenes is 1. The Balaban J connectivity index is 2.39. The van der Waals surface area contributed by atoms with Gasteiger partial charge in [-0.05, 0) is 25.8 Å². The molecule has 7 heteroatoms. The van der Waals surface area contributed by atoms with Gasteiger partial charge < -0.3 is 10.6 Å². The zero-order valence-electron chi connectivity index (χ0n) is 11.6. The van der Waals surface area contributed by atoms with Crippen LogP contribution in [0.5, 0.6) is 0 Å². The maximum atomic E-state index is 12.3. The molecule has 0 spiro atoms. The zero-order valence-corrected chi connectivity index (χ0v) is 11.6. The molecule has 114 valence electrons. The van der Waals surface area contributed by atoms with E-state index >= 15 is 0 Å². The Hall–Kier alpha value is -1.42. The van der Waals surface area contributed by atoms with Crippen molar-refractivity contribution in [1.82, 2.24) is 15.5 Å². The van der Waals surface area contributed by atoms with Crippen LogP contribution in [0.15, 0.2) is 4.99 Å². The number of nitrogens with zero attached hydrogens (tertiary/aromatic N) is 2. The summed E-state index contributed by atoms with van der Waals surface area (Å²) in [5.41, 5.74) is 0. The number of aliphatic imine (C=N–C) groups is 1. The lowest BCUT2D eigenvalue weighted by atomic mass is 10.1. The van der Waals surface area contributed by atoms with Gasteiger partial charge in [0.05, 0.1) is 13.1 Å². The molecule has 1 saturated heterocycles. The van der Waals surface area contributed by atoms with Gasteiger partial charge in [0.15, 0.2) is 5.96 Å². The second kappa shape index (κ2) is 8.00. The number of hydrogen-bond acceptors (Lipinski definition) is 2. The highest BCUT2D eigenvalue weighted by atomic mass is 19.4. The summed E-state index contributed by atoms with van der Waals surface area (Å²) < 4.78 is 36.8. The highest BCUT2D eigenvalue weighted by Crippen LogP contribution is 2.22. The van der Waals surface area contributed by atoms with E-state index in [9.17, 15) is 13.2 Å². The molecular formula is C13H21F3N4. The van der Waals surface area contributed by atoms with Gasteiger partial charge in [0, 0.05) is 19.6 Å². The molecule has 20 heavy (non-hydrogen) atoms. The molecule has 0 aromatic rings. The highest BCUT2D eigenvalue weighted by molar-refractivity contribution is 5.79. The Morgan fingerprint density at radius 1 is 1.45 bits per heavy atom. The molecule has 1 atom stereocenters. The fourth-order valence-corrected chi connectivity index (χ4v) is 2.16. The van der Waals surface area contributed by atoms with E-state index in [1.165, 1.54) is 4.90 Å². The average Bonchev–Trinajstić information content (AvgIpc) is 2.78. The number of nitrogens with one attached hydrogen (secondary N) is 2. The third-order valence-corrected chi connectivity index (χ3v) is 2.98. The van der Waals surface area contributed by atoms with Crippen LogP contribution in [0.2, 0.25) is 0 Å². The number of halogens is 3. The molecule has 1 rings (SSSR count). The van der Waals surface area contributed by atoms with Gasteiger partial charge in [-0.1, -0.05) is 5.92 Å². The molecule has 1 aliphatic rings. The summed E-state index contributed by atoms with van der Waals surface area (Å²) in [4.78, 5) is 5.79. The van der Waals surface area contributed by atoms with Gasteiger partial charge in [-0.25, -0.2) is 0 Å². The fourth-order valence-electron chi connectivity index (χ4n) is 2.16. The molecule has 0 radical (unpaired) electrons. The highest BCUT2D eigenvalue weighted by Gasteiger charge is 2.34. The first kappa shape index (κ1) is 16.6. The van der Waals surface area contributed by atoms with Crippen LogP contribution in [0.3, 0.4) is 0 Å². The Bertz CT molecular complexity index is 360. The smallest absolute Gasteiger partial charge is 0.357 e. The number of alkyl halides is 3. The van der Waals surface area contributed by atoms with Crippen LogP contribution in [0.1, 0.15) is 13.3 Å². The van der Waals surface area contributed by atoms with E-state index in [4.69, 9.17) is 6.42 Å². The first-order valence-electron chi connectivity index (χ1n) is 6.69. The van der Waals surface area contributed by atoms with Gasteiger partial charge >= 0.3 is 6.18 Å². The van der Waals surface area contributed by atoms with Crippen molar-refractivity contribution in [1.29, 1.82) is 0 Å². The van der Waals surface area contributed by atoms with Crippen LogP contribution in [0, 0.1) is 18.3 Å². The standard InChI is InChI=1S/C13H21F3N4/c1-3-6-18-12(17-4-2)19-8-11-5-7-20(9-11)10-13(14,15)16/h1,11H,4-10H2,2H3,(H2,17,18,19). The van der Waals surface area contributed by atoms with Gasteiger partial charge in [0.25, 0.3) is 0 Å². The minimum atomic E-state index is -4.12. The molecule has 0 saturated carbocycles. The van der Waals surface area contributed by atoms with E-state index in [-0.39, 0.29) is 5.92 Å². The quantitative estimate of drug-likeness (QED) is 0.452. The Kier molecular flexibility index (Phi) is 6.65. The summed E-state index contributed by atoms with van der Waals surface area (Å²) in [6.45, 7) is 3.62. The van der Waals surface area contributed by atoms with Crippen LogP contribution in [0.25, 0.3) is 0 Å². The fraction of sp³-hybridized carbons (Fsp3) is 0.769. The predicted molar refractivity (Wildman–Crippen MR) is 73.4 cm³/mol. The van der Waals surface area contributed by atoms with E-state index in [1.54, 1.807) is 0 Å². The van der Waals surface area contributed by atoms with Crippen LogP contribution in [-0.2, 0) is 0 Å². The lowest BCUT2D eigenvalue weighted by Crippen LogP contribution is -2.38. The van der Waals surface area contributed by atoms with E-state index < -0.39 is 12.7 Å². The van der Waals surface area contributed by atoms with Gasteiger partial charge in [-0.2, -0.15) is 13.2 Å². The van der Waals surface area contributed by atoms with E-state index in [2.05, 4.69) is 21.5 Å². The summed E-state index contributed by atoms with van der Waals surface area (Å²) in [5.74, 6) is 3.23. The molecule has 0 bridgehead atoms. The van der Waals surface area contributed by atoms with Crippen molar-refractivity contribution in [2.45, 2.75) is 19.5 Å². The maximum absolute atomic E-state index is 12.3. The lowest BCUT2D eigenvalue weighted by molar-refractivity contribution is -0.143. The maximum Gasteiger partial charge on any atom is 0.401 e. The second-order valence-corrected chi connectivity index (χ2v) is 4.78. The minimum Gasteiger partial charge on any atom is -0.357 e. The van der Waals surface area contributed by atoms with Crippen molar-refractivity contribution < 1.29 is 13.2 Å². The molecule has 1 fully saturated rings. The van der Waals surface area contributed by atoms with Crippen molar-refractivity contribution in [2.24, 2.45) is 10.9 Å². The van der Waals surface area contributed by atoms with Crippen LogP contribution in [0.4, 0.5) is 13.2 Å². The number of hydrogen-bond donors (Lipinski definition) is 2. The number of rotatable bonds is 5. The van der Waals surface area contributed by atoms with E-state index in [0.29, 0.717) is 38.7 Å². The summed E-state index contributed by atoms with van der Waals surface area (Å²) >= 11 is 0. The zero-order chi connectivity index (χ0) is 15.0. The minimum absolute atomic E-state index is 0.165. The third-order valence-electron chi connectivity index (χ3n) is 2.98. The summed E-state index contributed by atoms with van der Waals surface area (Å²) in [5, 5.41) is 5.99. The summed E-state index contributed by atoms with van der Waals surface area (Å²) in [6, 6.07) is 0.